The van der Waals surface area contributed by atoms with Crippen molar-refractivity contribution in [3.05, 3.63) is 65.0 Å². The summed E-state index contributed by atoms with van der Waals surface area (Å²) in [6.07, 6.45) is 3.90. The Labute approximate surface area is 174 Å². The van der Waals surface area contributed by atoms with Crippen LogP contribution in [0.1, 0.15) is 33.7 Å². The molecule has 1 aliphatic heterocycles. The number of morpholine rings is 1. The molecule has 4 rings (SSSR count). The van der Waals surface area contributed by atoms with Crippen LogP contribution < -0.4 is 5.32 Å². The number of halogens is 2. The Morgan fingerprint density at radius 3 is 2.73 bits per heavy atom. The number of amides is 1. The number of ether oxygens (including phenoxy) is 1. The van der Waals surface area contributed by atoms with Crippen molar-refractivity contribution in [2.75, 3.05) is 26.3 Å². The van der Waals surface area contributed by atoms with Crippen LogP contribution in [0.4, 0.5) is 8.78 Å². The minimum absolute atomic E-state index is 0.00845. The average molecular weight is 416 g/mol. The summed E-state index contributed by atoms with van der Waals surface area (Å²) in [4.78, 5) is 14.9. The minimum atomic E-state index is -0.555. The summed E-state index contributed by atoms with van der Waals surface area (Å²) in [5.41, 5.74) is 2.47. The number of rotatable bonds is 6. The fourth-order valence-electron chi connectivity index (χ4n) is 4.17. The van der Waals surface area contributed by atoms with Gasteiger partial charge in [-0.2, -0.15) is 5.10 Å². The topological polar surface area (TPSA) is 59.4 Å². The number of allylic oxidation sites excluding steroid dienone is 1. The number of nitrogens with zero attached hydrogens (tertiary/aromatic N) is 3. The number of aromatic nitrogens is 2. The van der Waals surface area contributed by atoms with Gasteiger partial charge in [0.1, 0.15) is 11.6 Å². The van der Waals surface area contributed by atoms with Crippen molar-refractivity contribution in [1.29, 1.82) is 0 Å². The summed E-state index contributed by atoms with van der Waals surface area (Å²) in [5, 5.41) is 7.87. The molecule has 1 saturated heterocycles. The van der Waals surface area contributed by atoms with Crippen molar-refractivity contribution in [2.24, 2.45) is 0 Å². The maximum Gasteiger partial charge on any atom is 0.274 e. The van der Waals surface area contributed by atoms with Crippen LogP contribution in [-0.2, 0) is 30.7 Å². The molecular weight excluding hydrogens is 390 g/mol. The predicted molar refractivity (Wildman–Crippen MR) is 108 cm³/mol. The van der Waals surface area contributed by atoms with Crippen LogP contribution in [0.25, 0.3) is 0 Å². The zero-order valence-corrected chi connectivity index (χ0v) is 16.9. The summed E-state index contributed by atoms with van der Waals surface area (Å²) in [6.45, 7) is 6.59. The Hall–Kier alpha value is -2.58. The molecule has 30 heavy (non-hydrogen) atoms. The minimum Gasteiger partial charge on any atom is -0.378 e. The third kappa shape index (κ3) is 4.15. The molecule has 1 amide bonds. The number of nitrogens with one attached hydrogen (secondary N) is 1. The number of hydrogen-bond donors (Lipinski definition) is 1. The van der Waals surface area contributed by atoms with Gasteiger partial charge in [-0.1, -0.05) is 12.1 Å². The van der Waals surface area contributed by atoms with E-state index in [4.69, 9.17) is 4.74 Å². The van der Waals surface area contributed by atoms with Crippen LogP contribution in [-0.4, -0.2) is 52.9 Å². The largest absolute Gasteiger partial charge is 0.378 e. The lowest BCUT2D eigenvalue weighted by molar-refractivity contribution is 0.0297. The molecular formula is C22H26F2N4O2. The van der Waals surface area contributed by atoms with Gasteiger partial charge in [-0.3, -0.25) is 9.48 Å². The second-order valence-electron chi connectivity index (χ2n) is 7.67. The first-order valence-corrected chi connectivity index (χ1v) is 10.3. The van der Waals surface area contributed by atoms with Crippen LogP contribution in [0, 0.1) is 11.6 Å². The van der Waals surface area contributed by atoms with Crippen molar-refractivity contribution < 1.29 is 18.3 Å². The lowest BCUT2D eigenvalue weighted by Gasteiger charge is -2.28. The molecule has 1 atom stereocenters. The van der Waals surface area contributed by atoms with Gasteiger partial charge in [0.25, 0.3) is 5.91 Å². The van der Waals surface area contributed by atoms with Gasteiger partial charge >= 0.3 is 0 Å². The van der Waals surface area contributed by atoms with Crippen molar-refractivity contribution in [1.82, 2.24) is 20.0 Å². The van der Waals surface area contributed by atoms with E-state index >= 15 is 0 Å². The summed E-state index contributed by atoms with van der Waals surface area (Å²) in [6, 6.07) is 3.89. The van der Waals surface area contributed by atoms with Crippen LogP contribution in [0.2, 0.25) is 0 Å². The molecule has 2 aromatic rings. The van der Waals surface area contributed by atoms with E-state index in [2.05, 4.69) is 17.0 Å². The van der Waals surface area contributed by atoms with Gasteiger partial charge in [0.05, 0.1) is 19.8 Å². The van der Waals surface area contributed by atoms with E-state index in [1.54, 1.807) is 11.0 Å². The Bertz CT molecular complexity index is 917. The van der Waals surface area contributed by atoms with E-state index in [0.717, 1.165) is 24.1 Å². The smallest absolute Gasteiger partial charge is 0.274 e. The van der Waals surface area contributed by atoms with E-state index < -0.39 is 11.6 Å². The number of hydrogen-bond acceptors (Lipinski definition) is 4. The van der Waals surface area contributed by atoms with E-state index in [-0.39, 0.29) is 24.1 Å². The van der Waals surface area contributed by atoms with Gasteiger partial charge in [-0.05, 0) is 31.4 Å². The Balaban J connectivity index is 1.53. The fraction of sp³-hybridized carbons (Fsp3) is 0.455. The second-order valence-corrected chi connectivity index (χ2v) is 7.67. The number of carbonyl (C=O) groups excluding carboxylic acids is 1. The fourth-order valence-corrected chi connectivity index (χ4v) is 4.17. The Kier molecular flexibility index (Phi) is 6.24. The van der Waals surface area contributed by atoms with Gasteiger partial charge in [-0.15, -0.1) is 6.58 Å². The molecule has 6 nitrogen and oxygen atoms in total. The average Bonchev–Trinajstić information content (AvgIpc) is 3.11. The highest BCUT2D eigenvalue weighted by molar-refractivity contribution is 5.94. The Morgan fingerprint density at radius 2 is 2.03 bits per heavy atom. The Morgan fingerprint density at radius 1 is 1.30 bits per heavy atom. The zero-order chi connectivity index (χ0) is 21.1. The molecule has 8 heteroatoms. The first kappa shape index (κ1) is 20.7. The van der Waals surface area contributed by atoms with Crippen LogP contribution in [0.3, 0.4) is 0 Å². The number of benzene rings is 1. The van der Waals surface area contributed by atoms with Crippen LogP contribution in [0.15, 0.2) is 30.9 Å². The first-order valence-electron chi connectivity index (χ1n) is 10.3. The highest BCUT2D eigenvalue weighted by Crippen LogP contribution is 2.27. The molecule has 160 valence electrons. The molecule has 1 aromatic carbocycles. The third-order valence-corrected chi connectivity index (χ3v) is 5.78. The standard InChI is InChI=1S/C22H26F2N4O2/c1-2-8-28-20-7-6-15(25-14-17-18(23)4-3-5-19(17)24)13-16(20)21(26-28)22(29)27-9-11-30-12-10-27/h2-5,15,25H,1,6-14H2/t15-/m0/s1. The van der Waals surface area contributed by atoms with Crippen LogP contribution in [0.5, 0.6) is 0 Å². The third-order valence-electron chi connectivity index (χ3n) is 5.78. The number of fused-ring (bicyclic) bond motifs is 1. The van der Waals surface area contributed by atoms with Gasteiger partial charge in [0.15, 0.2) is 5.69 Å². The lowest BCUT2D eigenvalue weighted by Crippen LogP contribution is -2.41. The number of carbonyl (C=O) groups is 1. The summed E-state index contributed by atoms with van der Waals surface area (Å²) in [5.74, 6) is -1.19. The van der Waals surface area contributed by atoms with Crippen molar-refractivity contribution in [2.45, 2.75) is 38.4 Å². The second kappa shape index (κ2) is 9.06. The highest BCUT2D eigenvalue weighted by atomic mass is 19.1. The molecule has 1 N–H and O–H groups in total. The molecule has 0 radical (unpaired) electrons. The van der Waals surface area contributed by atoms with E-state index in [9.17, 15) is 13.6 Å². The molecule has 0 saturated carbocycles. The van der Waals surface area contributed by atoms with Gasteiger partial charge in [0.2, 0.25) is 0 Å². The van der Waals surface area contributed by atoms with Gasteiger partial charge < -0.3 is 15.0 Å². The molecule has 0 unspecified atom stereocenters. The molecule has 1 fully saturated rings. The maximum atomic E-state index is 13.9. The monoisotopic (exact) mass is 416 g/mol. The van der Waals surface area contributed by atoms with E-state index in [1.807, 2.05) is 4.68 Å². The van der Waals surface area contributed by atoms with Gasteiger partial charge in [-0.25, -0.2) is 8.78 Å². The zero-order valence-electron chi connectivity index (χ0n) is 16.9. The molecule has 0 bridgehead atoms. The SMILES string of the molecule is C=CCn1nc(C(=O)N2CCOCC2)c2c1CC[C@H](NCc1c(F)cccc1F)C2. The molecule has 1 aliphatic carbocycles. The normalized spacial score (nSPS) is 18.9. The summed E-state index contributed by atoms with van der Waals surface area (Å²) in [7, 11) is 0. The summed E-state index contributed by atoms with van der Waals surface area (Å²) >= 11 is 0. The predicted octanol–water partition coefficient (Wildman–Crippen LogP) is 2.47. The summed E-state index contributed by atoms with van der Waals surface area (Å²) < 4.78 is 35.1. The van der Waals surface area contributed by atoms with E-state index in [0.29, 0.717) is 45.0 Å². The maximum absolute atomic E-state index is 13.9. The van der Waals surface area contributed by atoms with Crippen molar-refractivity contribution in [3.8, 4) is 0 Å². The van der Waals surface area contributed by atoms with Gasteiger partial charge in [0, 0.05) is 42.5 Å². The first-order chi connectivity index (χ1) is 14.6. The molecule has 1 aromatic heterocycles. The quantitative estimate of drug-likeness (QED) is 0.735. The molecule has 0 spiro atoms. The van der Waals surface area contributed by atoms with Crippen molar-refractivity contribution >= 4 is 5.91 Å². The van der Waals surface area contributed by atoms with E-state index in [1.165, 1.54) is 18.2 Å². The molecule has 2 aliphatic rings. The highest BCUT2D eigenvalue weighted by Gasteiger charge is 2.31. The van der Waals surface area contributed by atoms with Crippen molar-refractivity contribution in [3.63, 3.8) is 0 Å². The lowest BCUT2D eigenvalue weighted by atomic mass is 9.90. The van der Waals surface area contributed by atoms with Crippen LogP contribution >= 0.6 is 0 Å². The molecule has 2 heterocycles.